The lowest BCUT2D eigenvalue weighted by Crippen LogP contribution is -2.48. The maximum Gasteiger partial charge on any atom is 0.267 e. The third-order valence-corrected chi connectivity index (χ3v) is 4.61. The molecule has 1 aliphatic heterocycles. The fourth-order valence-corrected chi connectivity index (χ4v) is 2.99. The van der Waals surface area contributed by atoms with Crippen LogP contribution in [0.1, 0.15) is 10.5 Å². The number of carbonyl (C=O) groups is 1. The molecule has 1 aromatic heterocycles. The van der Waals surface area contributed by atoms with E-state index in [1.54, 1.807) is 0 Å². The highest BCUT2D eigenvalue weighted by molar-refractivity contribution is 9.10. The second kappa shape index (κ2) is 7.31. The first-order valence-corrected chi connectivity index (χ1v) is 7.85. The molecule has 2 aromatic rings. The SMILES string of the molecule is Cl.Cn1c(C(=O)NCC2CNC2)ccc1-c1ccccc1Br. The molecule has 2 heterocycles. The van der Waals surface area contributed by atoms with Gasteiger partial charge >= 0.3 is 0 Å². The van der Waals surface area contributed by atoms with Crippen molar-refractivity contribution < 1.29 is 4.79 Å². The molecule has 1 fully saturated rings. The molecule has 1 saturated heterocycles. The Kier molecular flexibility index (Phi) is 5.67. The van der Waals surface area contributed by atoms with E-state index in [-0.39, 0.29) is 18.3 Å². The van der Waals surface area contributed by atoms with Crippen LogP contribution in [0, 0.1) is 5.92 Å². The number of hydrogen-bond donors (Lipinski definition) is 2. The van der Waals surface area contributed by atoms with E-state index < -0.39 is 0 Å². The molecule has 0 aliphatic carbocycles. The molecule has 0 bridgehead atoms. The summed E-state index contributed by atoms with van der Waals surface area (Å²) in [6, 6.07) is 11.9. The highest BCUT2D eigenvalue weighted by Crippen LogP contribution is 2.28. The van der Waals surface area contributed by atoms with E-state index in [2.05, 4.69) is 26.6 Å². The predicted octanol–water partition coefficient (Wildman–Crippen LogP) is 2.83. The van der Waals surface area contributed by atoms with Gasteiger partial charge in [-0.25, -0.2) is 0 Å². The number of carbonyl (C=O) groups excluding carboxylic acids is 1. The van der Waals surface area contributed by atoms with Gasteiger partial charge in [0.05, 0.1) is 0 Å². The van der Waals surface area contributed by atoms with Crippen LogP contribution >= 0.6 is 28.3 Å². The van der Waals surface area contributed by atoms with Crippen LogP contribution in [0.15, 0.2) is 40.9 Å². The first kappa shape index (κ1) is 17.1. The van der Waals surface area contributed by atoms with Crippen molar-refractivity contribution in [2.75, 3.05) is 19.6 Å². The Hall–Kier alpha value is -1.30. The number of nitrogens with one attached hydrogen (secondary N) is 2. The Labute approximate surface area is 144 Å². The van der Waals surface area contributed by atoms with Gasteiger partial charge in [-0.2, -0.15) is 0 Å². The van der Waals surface area contributed by atoms with E-state index in [0.29, 0.717) is 11.6 Å². The summed E-state index contributed by atoms with van der Waals surface area (Å²) in [4.78, 5) is 12.3. The summed E-state index contributed by atoms with van der Waals surface area (Å²) in [6.45, 7) is 2.73. The molecule has 0 atom stereocenters. The number of hydrogen-bond acceptors (Lipinski definition) is 2. The van der Waals surface area contributed by atoms with Crippen molar-refractivity contribution in [2.24, 2.45) is 13.0 Å². The van der Waals surface area contributed by atoms with Crippen LogP contribution < -0.4 is 10.6 Å². The van der Waals surface area contributed by atoms with Crippen molar-refractivity contribution >= 4 is 34.2 Å². The van der Waals surface area contributed by atoms with E-state index in [9.17, 15) is 4.79 Å². The zero-order valence-corrected chi connectivity index (χ0v) is 14.7. The monoisotopic (exact) mass is 383 g/mol. The third kappa shape index (κ3) is 3.37. The minimum atomic E-state index is -0.0114. The molecule has 0 radical (unpaired) electrons. The summed E-state index contributed by atoms with van der Waals surface area (Å²) in [5, 5.41) is 6.22. The molecule has 2 N–H and O–H groups in total. The third-order valence-electron chi connectivity index (χ3n) is 3.92. The van der Waals surface area contributed by atoms with E-state index >= 15 is 0 Å². The zero-order valence-electron chi connectivity index (χ0n) is 12.3. The van der Waals surface area contributed by atoms with Crippen LogP contribution in [-0.4, -0.2) is 30.1 Å². The largest absolute Gasteiger partial charge is 0.350 e. The number of benzene rings is 1. The van der Waals surface area contributed by atoms with Crippen molar-refractivity contribution in [1.82, 2.24) is 15.2 Å². The average molecular weight is 385 g/mol. The maximum absolute atomic E-state index is 12.3. The van der Waals surface area contributed by atoms with Gasteiger partial charge in [-0.3, -0.25) is 4.79 Å². The Morgan fingerprint density at radius 1 is 1.32 bits per heavy atom. The van der Waals surface area contributed by atoms with Gasteiger partial charge in [0, 0.05) is 48.3 Å². The molecule has 0 unspecified atom stereocenters. The summed E-state index contributed by atoms with van der Waals surface area (Å²) in [7, 11) is 1.93. The number of aromatic nitrogens is 1. The lowest BCUT2D eigenvalue weighted by molar-refractivity contribution is 0.0934. The van der Waals surface area contributed by atoms with Crippen LogP contribution in [0.3, 0.4) is 0 Å². The van der Waals surface area contributed by atoms with Crippen LogP contribution in [-0.2, 0) is 7.05 Å². The normalized spacial score (nSPS) is 14.1. The Morgan fingerprint density at radius 2 is 2.05 bits per heavy atom. The molecule has 22 heavy (non-hydrogen) atoms. The molecule has 118 valence electrons. The number of halogens is 2. The van der Waals surface area contributed by atoms with Crippen molar-refractivity contribution in [1.29, 1.82) is 0 Å². The molecule has 0 saturated carbocycles. The van der Waals surface area contributed by atoms with Gasteiger partial charge in [-0.1, -0.05) is 34.1 Å². The quantitative estimate of drug-likeness (QED) is 0.851. The Balaban J connectivity index is 0.00000176. The summed E-state index contributed by atoms with van der Waals surface area (Å²) in [5.74, 6) is 0.555. The standard InChI is InChI=1S/C16H18BrN3O.ClH/c1-20-14(12-4-2-3-5-13(12)17)6-7-15(20)16(21)19-10-11-8-18-9-11;/h2-7,11,18H,8-10H2,1H3,(H,19,21);1H. The number of nitrogens with zero attached hydrogens (tertiary/aromatic N) is 1. The smallest absolute Gasteiger partial charge is 0.267 e. The molecule has 1 aliphatic rings. The molecule has 6 heteroatoms. The summed E-state index contributed by atoms with van der Waals surface area (Å²) < 4.78 is 2.97. The topological polar surface area (TPSA) is 46.1 Å². The lowest BCUT2D eigenvalue weighted by atomic mass is 10.0. The van der Waals surface area contributed by atoms with Gasteiger partial charge in [-0.15, -0.1) is 12.4 Å². The van der Waals surface area contributed by atoms with Gasteiger partial charge < -0.3 is 15.2 Å². The Bertz CT molecular complexity index is 667. The van der Waals surface area contributed by atoms with Gasteiger partial charge in [0.1, 0.15) is 5.69 Å². The molecular formula is C16H19BrClN3O. The van der Waals surface area contributed by atoms with Crippen LogP contribution in [0.25, 0.3) is 11.3 Å². The fraction of sp³-hybridized carbons (Fsp3) is 0.312. The van der Waals surface area contributed by atoms with E-state index in [4.69, 9.17) is 0 Å². The van der Waals surface area contributed by atoms with Crippen LogP contribution in [0.5, 0.6) is 0 Å². The van der Waals surface area contributed by atoms with Crippen molar-refractivity contribution in [3.63, 3.8) is 0 Å². The second-order valence-electron chi connectivity index (χ2n) is 5.38. The molecule has 1 amide bonds. The highest BCUT2D eigenvalue weighted by Gasteiger charge is 2.19. The van der Waals surface area contributed by atoms with Crippen LogP contribution in [0.4, 0.5) is 0 Å². The second-order valence-corrected chi connectivity index (χ2v) is 6.23. The van der Waals surface area contributed by atoms with Gasteiger partial charge in [-0.05, 0) is 18.2 Å². The number of rotatable bonds is 4. The summed E-state index contributed by atoms with van der Waals surface area (Å²) in [5.41, 5.74) is 2.80. The zero-order chi connectivity index (χ0) is 14.8. The first-order chi connectivity index (χ1) is 10.2. The molecule has 4 nitrogen and oxygen atoms in total. The molecule has 1 aromatic carbocycles. The predicted molar refractivity (Wildman–Crippen MR) is 94.5 cm³/mol. The van der Waals surface area contributed by atoms with E-state index in [1.807, 2.05) is 48.0 Å². The van der Waals surface area contributed by atoms with Crippen molar-refractivity contribution in [3.05, 3.63) is 46.6 Å². The van der Waals surface area contributed by atoms with Gasteiger partial charge in [0.2, 0.25) is 0 Å². The minimum absolute atomic E-state index is 0. The van der Waals surface area contributed by atoms with Gasteiger partial charge in [0.15, 0.2) is 0 Å². The molecular weight excluding hydrogens is 366 g/mol. The van der Waals surface area contributed by atoms with Crippen molar-refractivity contribution in [3.8, 4) is 11.3 Å². The average Bonchev–Trinajstić information content (AvgIpc) is 2.79. The summed E-state index contributed by atoms with van der Waals surface area (Å²) in [6.07, 6.45) is 0. The van der Waals surface area contributed by atoms with Gasteiger partial charge in [0.25, 0.3) is 5.91 Å². The molecule has 0 spiro atoms. The Morgan fingerprint density at radius 3 is 2.68 bits per heavy atom. The van der Waals surface area contributed by atoms with E-state index in [1.165, 1.54) is 0 Å². The lowest BCUT2D eigenvalue weighted by Gasteiger charge is -2.27. The maximum atomic E-state index is 12.3. The van der Waals surface area contributed by atoms with E-state index in [0.717, 1.165) is 35.4 Å². The van der Waals surface area contributed by atoms with Crippen LogP contribution in [0.2, 0.25) is 0 Å². The van der Waals surface area contributed by atoms with Crippen molar-refractivity contribution in [2.45, 2.75) is 0 Å². The number of amides is 1. The first-order valence-electron chi connectivity index (χ1n) is 7.06. The fourth-order valence-electron chi connectivity index (χ4n) is 2.50. The molecule has 3 rings (SSSR count). The minimum Gasteiger partial charge on any atom is -0.350 e. The highest BCUT2D eigenvalue weighted by atomic mass is 79.9. The summed E-state index contributed by atoms with van der Waals surface area (Å²) >= 11 is 3.56.